The van der Waals surface area contributed by atoms with Crippen LogP contribution in [0.3, 0.4) is 0 Å². The zero-order valence-electron chi connectivity index (χ0n) is 37.9. The minimum atomic E-state index is 0.834. The lowest BCUT2D eigenvalue weighted by Crippen LogP contribution is -2.15. The van der Waals surface area contributed by atoms with Crippen LogP contribution in [0.1, 0.15) is 0 Å². The van der Waals surface area contributed by atoms with Crippen molar-refractivity contribution in [3.8, 4) is 55.6 Å². The summed E-state index contributed by atoms with van der Waals surface area (Å²) >= 11 is 0. The van der Waals surface area contributed by atoms with Crippen molar-refractivity contribution in [3.63, 3.8) is 0 Å². The molecule has 11 aromatic carbocycles. The summed E-state index contributed by atoms with van der Waals surface area (Å²) in [5.41, 5.74) is 19.3. The van der Waals surface area contributed by atoms with Gasteiger partial charge in [-0.15, -0.1) is 0 Å². The lowest BCUT2D eigenvalue weighted by Gasteiger charge is -2.33. The van der Waals surface area contributed by atoms with Gasteiger partial charge in [0.25, 0.3) is 0 Å². The zero-order chi connectivity index (χ0) is 45.9. The Kier molecular flexibility index (Phi) is 10.9. The van der Waals surface area contributed by atoms with Crippen LogP contribution < -0.4 is 9.80 Å². The van der Waals surface area contributed by atoms with Gasteiger partial charge in [0.15, 0.2) is 0 Å². The number of para-hydroxylation sites is 1. The summed E-state index contributed by atoms with van der Waals surface area (Å²) in [5.74, 6) is 0. The summed E-state index contributed by atoms with van der Waals surface area (Å²) in [5, 5.41) is 2.19. The fourth-order valence-electron chi connectivity index (χ4n) is 9.65. The van der Waals surface area contributed by atoms with Crippen molar-refractivity contribution in [2.45, 2.75) is 0 Å². The van der Waals surface area contributed by atoms with Gasteiger partial charge in [0.05, 0.1) is 11.4 Å². The van der Waals surface area contributed by atoms with Crippen LogP contribution in [-0.2, 0) is 0 Å². The molecule has 326 valence electrons. The predicted octanol–water partition coefficient (Wildman–Crippen LogP) is 18.9. The third-order valence-corrected chi connectivity index (χ3v) is 13.1. The molecule has 12 rings (SSSR count). The Hall–Kier alpha value is -9.18. The number of rotatable bonds is 11. The smallest absolute Gasteiger partial charge is 0.137 e. The molecule has 0 saturated heterocycles. The lowest BCUT2D eigenvalue weighted by molar-refractivity contribution is 0.669. The molecule has 69 heavy (non-hydrogen) atoms. The molecule has 0 saturated carbocycles. The van der Waals surface area contributed by atoms with E-state index in [9.17, 15) is 0 Å². The minimum absolute atomic E-state index is 0.834. The molecule has 1 aromatic heterocycles. The average molecular weight is 883 g/mol. The third kappa shape index (κ3) is 8.13. The Bertz CT molecular complexity index is 3580. The first kappa shape index (κ1) is 41.3. The van der Waals surface area contributed by atoms with Gasteiger partial charge in [-0.1, -0.05) is 206 Å². The number of furan rings is 1. The van der Waals surface area contributed by atoms with Crippen LogP contribution in [-0.4, -0.2) is 0 Å². The number of anilines is 6. The highest BCUT2D eigenvalue weighted by Crippen LogP contribution is 2.50. The van der Waals surface area contributed by atoms with E-state index in [0.29, 0.717) is 0 Å². The van der Waals surface area contributed by atoms with E-state index in [1.807, 2.05) is 12.1 Å². The molecule has 0 amide bonds. The van der Waals surface area contributed by atoms with E-state index < -0.39 is 0 Å². The van der Waals surface area contributed by atoms with Gasteiger partial charge in [-0.3, -0.25) is 0 Å². The summed E-state index contributed by atoms with van der Waals surface area (Å²) in [6.45, 7) is 0. The normalized spacial score (nSPS) is 11.2. The van der Waals surface area contributed by atoms with Crippen molar-refractivity contribution in [2.24, 2.45) is 0 Å². The van der Waals surface area contributed by atoms with Gasteiger partial charge in [0, 0.05) is 50.7 Å². The van der Waals surface area contributed by atoms with Crippen molar-refractivity contribution in [1.82, 2.24) is 0 Å². The van der Waals surface area contributed by atoms with E-state index in [4.69, 9.17) is 4.42 Å². The van der Waals surface area contributed by atoms with Gasteiger partial charge in [-0.2, -0.15) is 0 Å². The Morgan fingerprint density at radius 1 is 0.217 bits per heavy atom. The SMILES string of the molecule is c1ccc(-c2ccc(N(c3ccc(-c4ccccc4)cc3)c3cc(N(c4ccc(-c5ccccc5)cc4)c4ccc5c(c4)oc4ccccc45)c(-c4ccccc4)cc3-c3ccccc3)cc2)cc1. The molecule has 3 nitrogen and oxygen atoms in total. The minimum Gasteiger partial charge on any atom is -0.456 e. The maximum Gasteiger partial charge on any atom is 0.137 e. The molecule has 1 heterocycles. The highest BCUT2D eigenvalue weighted by molar-refractivity contribution is 6.07. The molecular formula is C66H46N2O. The monoisotopic (exact) mass is 882 g/mol. The van der Waals surface area contributed by atoms with Gasteiger partial charge in [0.2, 0.25) is 0 Å². The molecule has 0 radical (unpaired) electrons. The number of hydrogen-bond donors (Lipinski definition) is 0. The molecule has 0 aliphatic carbocycles. The van der Waals surface area contributed by atoms with Crippen LogP contribution in [0.15, 0.2) is 283 Å². The second-order valence-corrected chi connectivity index (χ2v) is 17.3. The van der Waals surface area contributed by atoms with Crippen LogP contribution in [0, 0.1) is 0 Å². The molecule has 0 atom stereocenters. The topological polar surface area (TPSA) is 19.6 Å². The summed E-state index contributed by atoms with van der Waals surface area (Å²) in [4.78, 5) is 4.82. The molecule has 0 spiro atoms. The van der Waals surface area contributed by atoms with Crippen molar-refractivity contribution >= 4 is 56.1 Å². The third-order valence-electron chi connectivity index (χ3n) is 13.1. The Balaban J connectivity index is 1.13. The Morgan fingerprint density at radius 3 is 0.957 bits per heavy atom. The van der Waals surface area contributed by atoms with Crippen LogP contribution in [0.4, 0.5) is 34.1 Å². The second kappa shape index (κ2) is 18.2. The maximum atomic E-state index is 6.61. The first-order valence-corrected chi connectivity index (χ1v) is 23.5. The predicted molar refractivity (Wildman–Crippen MR) is 290 cm³/mol. The van der Waals surface area contributed by atoms with E-state index in [1.165, 1.54) is 16.7 Å². The summed E-state index contributed by atoms with van der Waals surface area (Å²) < 4.78 is 6.61. The molecule has 0 unspecified atom stereocenters. The van der Waals surface area contributed by atoms with Gasteiger partial charge >= 0.3 is 0 Å². The fourth-order valence-corrected chi connectivity index (χ4v) is 9.65. The molecule has 0 bridgehead atoms. The van der Waals surface area contributed by atoms with Crippen LogP contribution >= 0.6 is 0 Å². The van der Waals surface area contributed by atoms with Gasteiger partial charge in [0.1, 0.15) is 11.2 Å². The van der Waals surface area contributed by atoms with Gasteiger partial charge in [-0.25, -0.2) is 0 Å². The average Bonchev–Trinajstić information content (AvgIpc) is 3.81. The van der Waals surface area contributed by atoms with Crippen molar-refractivity contribution in [1.29, 1.82) is 0 Å². The molecule has 0 aliphatic rings. The first-order chi connectivity index (χ1) is 34.2. The zero-order valence-corrected chi connectivity index (χ0v) is 37.9. The fraction of sp³-hybridized carbons (Fsp3) is 0. The van der Waals surface area contributed by atoms with Crippen molar-refractivity contribution in [2.75, 3.05) is 9.80 Å². The lowest BCUT2D eigenvalue weighted by atomic mass is 9.93. The highest BCUT2D eigenvalue weighted by Gasteiger charge is 2.26. The Morgan fingerprint density at radius 2 is 0.536 bits per heavy atom. The molecule has 0 N–H and O–H groups in total. The largest absolute Gasteiger partial charge is 0.456 e. The van der Waals surface area contributed by atoms with E-state index in [1.54, 1.807) is 0 Å². The number of hydrogen-bond acceptors (Lipinski definition) is 3. The van der Waals surface area contributed by atoms with Crippen LogP contribution in [0.25, 0.3) is 77.6 Å². The maximum absolute atomic E-state index is 6.61. The molecular weight excluding hydrogens is 837 g/mol. The second-order valence-electron chi connectivity index (χ2n) is 17.3. The van der Waals surface area contributed by atoms with Gasteiger partial charge in [-0.05, 0) is 111 Å². The Labute approximate surface area is 403 Å². The van der Waals surface area contributed by atoms with E-state index in [0.717, 1.165) is 95.0 Å². The standard InChI is InChI=1S/C66H46N2O/c1-6-18-47(19-7-1)50-30-36-55(37-31-50)67(56-38-32-51(33-39-56)48-20-8-2-9-21-48)63-46-64(62(54-26-14-5-15-27-54)45-61(63)53-24-12-4-13-25-53)68(57-40-34-52(35-41-57)49-22-10-3-11-23-49)58-42-43-60-59-28-16-17-29-65(59)69-66(60)44-58/h1-46H. The van der Waals surface area contributed by atoms with E-state index in [2.05, 4.69) is 277 Å². The van der Waals surface area contributed by atoms with Crippen LogP contribution in [0.2, 0.25) is 0 Å². The molecule has 12 aromatic rings. The quantitative estimate of drug-likeness (QED) is 0.129. The number of benzene rings is 11. The number of fused-ring (bicyclic) bond motifs is 3. The van der Waals surface area contributed by atoms with Crippen molar-refractivity contribution in [3.05, 3.63) is 279 Å². The van der Waals surface area contributed by atoms with E-state index >= 15 is 0 Å². The molecule has 3 heteroatoms. The highest BCUT2D eigenvalue weighted by atomic mass is 16.3. The van der Waals surface area contributed by atoms with Crippen molar-refractivity contribution < 1.29 is 4.42 Å². The first-order valence-electron chi connectivity index (χ1n) is 23.5. The van der Waals surface area contributed by atoms with Gasteiger partial charge < -0.3 is 14.2 Å². The summed E-state index contributed by atoms with van der Waals surface area (Å²) in [6.07, 6.45) is 0. The van der Waals surface area contributed by atoms with Crippen LogP contribution in [0.5, 0.6) is 0 Å². The number of nitrogens with zero attached hydrogens (tertiary/aromatic N) is 2. The van der Waals surface area contributed by atoms with E-state index in [-0.39, 0.29) is 0 Å². The summed E-state index contributed by atoms with van der Waals surface area (Å²) in [7, 11) is 0. The molecule has 0 fully saturated rings. The summed E-state index contributed by atoms with van der Waals surface area (Å²) in [6, 6.07) is 100.0. The molecule has 0 aliphatic heterocycles.